The molecule has 1 spiro atoms. The van der Waals surface area contributed by atoms with Crippen LogP contribution in [0.25, 0.3) is 0 Å². The molecule has 1 saturated heterocycles. The second kappa shape index (κ2) is 9.61. The lowest BCUT2D eigenvalue weighted by molar-refractivity contribution is -0.117. The molecule has 1 saturated carbocycles. The first-order valence-electron chi connectivity index (χ1n) is 12.0. The Morgan fingerprint density at radius 1 is 1.03 bits per heavy atom. The number of hydrogen-bond donors (Lipinski definition) is 1. The van der Waals surface area contributed by atoms with E-state index in [1.165, 1.54) is 17.7 Å². The normalized spacial score (nSPS) is 19.2. The highest BCUT2D eigenvalue weighted by Gasteiger charge is 2.42. The molecule has 1 N–H and O–H groups in total. The largest absolute Gasteiger partial charge is 0.448 e. The van der Waals surface area contributed by atoms with Gasteiger partial charge in [0.25, 0.3) is 5.79 Å². The molecule has 1 amide bonds. The molecule has 0 atom stereocenters. The predicted octanol–water partition coefficient (Wildman–Crippen LogP) is 4.03. The molecule has 2 aliphatic heterocycles. The Labute approximate surface area is 195 Å². The minimum atomic E-state index is -0.503. The molecule has 7 nitrogen and oxygen atoms in total. The van der Waals surface area contributed by atoms with E-state index in [4.69, 9.17) is 14.2 Å². The van der Waals surface area contributed by atoms with Crippen LogP contribution in [0.2, 0.25) is 0 Å². The van der Waals surface area contributed by atoms with Crippen LogP contribution in [-0.2, 0) is 16.1 Å². The van der Waals surface area contributed by atoms with E-state index in [-0.39, 0.29) is 5.91 Å². The standard InChI is InChI=1S/C26H33N3O4/c1-28(18-20-7-3-4-8-22(20)29-13-15-31-16-14-29)19-25(30)27-21-9-10-23-24(17-21)33-26(32-23)11-5-2-6-12-26/h3-4,7-10,17H,2,5-6,11-16,18-19H2,1H3,(H,27,30). The molecule has 3 aliphatic rings. The van der Waals surface area contributed by atoms with Crippen molar-refractivity contribution in [3.05, 3.63) is 48.0 Å². The Morgan fingerprint density at radius 2 is 1.79 bits per heavy atom. The molecule has 5 rings (SSSR count). The number of ether oxygens (including phenoxy) is 3. The van der Waals surface area contributed by atoms with Gasteiger partial charge in [-0.25, -0.2) is 0 Å². The molecular weight excluding hydrogens is 418 g/mol. The number of likely N-dealkylation sites (N-methyl/N-ethyl adjacent to an activating group) is 1. The molecule has 7 heteroatoms. The van der Waals surface area contributed by atoms with Gasteiger partial charge in [0.05, 0.1) is 19.8 Å². The van der Waals surface area contributed by atoms with Crippen LogP contribution in [-0.4, -0.2) is 56.5 Å². The Bertz CT molecular complexity index is 983. The van der Waals surface area contributed by atoms with E-state index >= 15 is 0 Å². The van der Waals surface area contributed by atoms with Gasteiger partial charge < -0.3 is 24.4 Å². The van der Waals surface area contributed by atoms with Gasteiger partial charge >= 0.3 is 0 Å². The van der Waals surface area contributed by atoms with Gasteiger partial charge in [0.15, 0.2) is 11.5 Å². The van der Waals surface area contributed by atoms with Gasteiger partial charge in [0, 0.05) is 49.9 Å². The molecule has 2 fully saturated rings. The van der Waals surface area contributed by atoms with Gasteiger partial charge in [-0.1, -0.05) is 24.6 Å². The molecular formula is C26H33N3O4. The fraction of sp³-hybridized carbons (Fsp3) is 0.500. The Balaban J connectivity index is 1.18. The molecule has 1 aliphatic carbocycles. The highest BCUT2D eigenvalue weighted by atomic mass is 16.7. The number of hydrogen-bond acceptors (Lipinski definition) is 6. The summed E-state index contributed by atoms with van der Waals surface area (Å²) in [6, 6.07) is 14.1. The van der Waals surface area contributed by atoms with Crippen LogP contribution >= 0.6 is 0 Å². The highest BCUT2D eigenvalue weighted by molar-refractivity contribution is 5.92. The number of benzene rings is 2. The maximum Gasteiger partial charge on any atom is 0.251 e. The lowest BCUT2D eigenvalue weighted by Gasteiger charge is -2.31. The molecule has 176 valence electrons. The average Bonchev–Trinajstić information content (AvgIpc) is 3.16. The zero-order valence-corrected chi connectivity index (χ0v) is 19.3. The smallest absolute Gasteiger partial charge is 0.251 e. The van der Waals surface area contributed by atoms with Crippen LogP contribution in [0.3, 0.4) is 0 Å². The number of carbonyl (C=O) groups excluding carboxylic acids is 1. The van der Waals surface area contributed by atoms with E-state index in [1.54, 1.807) is 0 Å². The van der Waals surface area contributed by atoms with Crippen LogP contribution in [0.4, 0.5) is 11.4 Å². The van der Waals surface area contributed by atoms with Crippen LogP contribution in [0.15, 0.2) is 42.5 Å². The van der Waals surface area contributed by atoms with Crippen molar-refractivity contribution in [2.24, 2.45) is 0 Å². The lowest BCUT2D eigenvalue weighted by atomic mass is 9.94. The summed E-state index contributed by atoms with van der Waals surface area (Å²) in [5.74, 6) is 0.943. The Kier molecular flexibility index (Phi) is 6.42. The summed E-state index contributed by atoms with van der Waals surface area (Å²) in [4.78, 5) is 17.1. The maximum atomic E-state index is 12.7. The number of amides is 1. The summed E-state index contributed by atoms with van der Waals surface area (Å²) >= 11 is 0. The van der Waals surface area contributed by atoms with Crippen molar-refractivity contribution >= 4 is 17.3 Å². The molecule has 33 heavy (non-hydrogen) atoms. The van der Waals surface area contributed by atoms with E-state index in [2.05, 4.69) is 34.5 Å². The van der Waals surface area contributed by atoms with Crippen LogP contribution < -0.4 is 19.7 Å². The summed E-state index contributed by atoms with van der Waals surface area (Å²) in [6.45, 7) is 4.30. The second-order valence-corrected chi connectivity index (χ2v) is 9.29. The topological polar surface area (TPSA) is 63.3 Å². The van der Waals surface area contributed by atoms with Crippen molar-refractivity contribution in [1.29, 1.82) is 0 Å². The third-order valence-electron chi connectivity index (χ3n) is 6.63. The van der Waals surface area contributed by atoms with Gasteiger partial charge in [0.1, 0.15) is 0 Å². The number of anilines is 2. The first kappa shape index (κ1) is 22.0. The summed E-state index contributed by atoms with van der Waals surface area (Å²) < 4.78 is 17.8. The van der Waals surface area contributed by atoms with Gasteiger partial charge in [-0.15, -0.1) is 0 Å². The van der Waals surface area contributed by atoms with Crippen LogP contribution in [0.1, 0.15) is 37.7 Å². The van der Waals surface area contributed by atoms with E-state index in [9.17, 15) is 4.79 Å². The third-order valence-corrected chi connectivity index (χ3v) is 6.63. The molecule has 2 heterocycles. The van der Waals surface area contributed by atoms with Gasteiger partial charge in [-0.2, -0.15) is 0 Å². The highest BCUT2D eigenvalue weighted by Crippen LogP contribution is 2.46. The number of para-hydroxylation sites is 1. The maximum absolute atomic E-state index is 12.7. The first-order valence-corrected chi connectivity index (χ1v) is 12.0. The quantitative estimate of drug-likeness (QED) is 0.716. The minimum Gasteiger partial charge on any atom is -0.448 e. The average molecular weight is 452 g/mol. The number of carbonyl (C=O) groups is 1. The summed E-state index contributed by atoms with van der Waals surface area (Å²) in [7, 11) is 1.97. The zero-order valence-electron chi connectivity index (χ0n) is 19.3. The monoisotopic (exact) mass is 451 g/mol. The first-order chi connectivity index (χ1) is 16.1. The molecule has 0 radical (unpaired) electrons. The predicted molar refractivity (Wildman–Crippen MR) is 128 cm³/mol. The number of rotatable bonds is 6. The SMILES string of the molecule is CN(CC(=O)Nc1ccc2c(c1)OC1(CCCCC1)O2)Cc1ccccc1N1CCOCC1. The lowest BCUT2D eigenvalue weighted by Crippen LogP contribution is -2.40. The second-order valence-electron chi connectivity index (χ2n) is 9.29. The van der Waals surface area contributed by atoms with E-state index in [0.29, 0.717) is 13.1 Å². The Morgan fingerprint density at radius 3 is 2.61 bits per heavy atom. The summed E-state index contributed by atoms with van der Waals surface area (Å²) in [5.41, 5.74) is 3.17. The summed E-state index contributed by atoms with van der Waals surface area (Å²) in [5, 5.41) is 3.01. The minimum absolute atomic E-state index is 0.0485. The molecule has 0 bridgehead atoms. The number of nitrogens with one attached hydrogen (secondary N) is 1. The van der Waals surface area contributed by atoms with E-state index < -0.39 is 5.79 Å². The number of fused-ring (bicyclic) bond motifs is 1. The van der Waals surface area contributed by atoms with Crippen LogP contribution in [0.5, 0.6) is 11.5 Å². The molecule has 2 aromatic rings. The van der Waals surface area contributed by atoms with Crippen molar-refractivity contribution in [1.82, 2.24) is 4.90 Å². The third kappa shape index (κ3) is 5.09. The van der Waals surface area contributed by atoms with Gasteiger partial charge in [-0.3, -0.25) is 9.69 Å². The Hall–Kier alpha value is -2.77. The number of morpholine rings is 1. The van der Waals surface area contributed by atoms with Crippen LogP contribution in [0, 0.1) is 0 Å². The van der Waals surface area contributed by atoms with Crippen molar-refractivity contribution in [3.63, 3.8) is 0 Å². The van der Waals surface area contributed by atoms with Gasteiger partial charge in [0.2, 0.25) is 5.91 Å². The number of nitrogens with zero attached hydrogens (tertiary/aromatic N) is 2. The summed E-state index contributed by atoms with van der Waals surface area (Å²) in [6.07, 6.45) is 5.31. The molecule has 0 unspecified atom stereocenters. The van der Waals surface area contributed by atoms with E-state index in [1.807, 2.05) is 30.1 Å². The van der Waals surface area contributed by atoms with E-state index in [0.717, 1.165) is 69.2 Å². The zero-order chi connectivity index (χ0) is 22.7. The van der Waals surface area contributed by atoms with Crippen molar-refractivity contribution in [3.8, 4) is 11.5 Å². The molecule has 2 aromatic carbocycles. The fourth-order valence-electron chi connectivity index (χ4n) is 5.02. The fourth-order valence-corrected chi connectivity index (χ4v) is 5.02. The van der Waals surface area contributed by atoms with Gasteiger partial charge in [-0.05, 0) is 43.7 Å². The molecule has 0 aromatic heterocycles. The van der Waals surface area contributed by atoms with Crippen molar-refractivity contribution in [2.75, 3.05) is 50.1 Å². The van der Waals surface area contributed by atoms with Crippen molar-refractivity contribution < 1.29 is 19.0 Å². The van der Waals surface area contributed by atoms with Crippen molar-refractivity contribution in [2.45, 2.75) is 44.4 Å².